The van der Waals surface area contributed by atoms with Crippen molar-refractivity contribution >= 4 is 45.5 Å². The Morgan fingerprint density at radius 2 is 1.82 bits per heavy atom. The number of ether oxygens (including phenoxy) is 1. The number of rotatable bonds is 2. The molecule has 22 heavy (non-hydrogen) atoms. The van der Waals surface area contributed by atoms with Gasteiger partial charge < -0.3 is 10.1 Å². The number of fused-ring (bicyclic) bond motifs is 3. The third-order valence-electron chi connectivity index (χ3n) is 3.84. The first-order valence-corrected chi connectivity index (χ1v) is 8.37. The fourth-order valence-electron chi connectivity index (χ4n) is 2.67. The molecule has 0 spiro atoms. The molecule has 0 saturated carbocycles. The number of methoxy groups -OCH3 is 1. The van der Waals surface area contributed by atoms with Gasteiger partial charge in [0.1, 0.15) is 5.75 Å². The highest BCUT2D eigenvalue weighted by molar-refractivity contribution is 7.99. The normalized spacial score (nSPS) is 12.5. The summed E-state index contributed by atoms with van der Waals surface area (Å²) in [6.07, 6.45) is 0. The zero-order valence-corrected chi connectivity index (χ0v) is 13.6. The molecule has 4 heteroatoms. The van der Waals surface area contributed by atoms with Crippen LogP contribution >= 0.6 is 23.4 Å². The van der Waals surface area contributed by atoms with Crippen LogP contribution in [0.5, 0.6) is 5.75 Å². The molecule has 0 unspecified atom stereocenters. The van der Waals surface area contributed by atoms with Crippen molar-refractivity contribution in [2.24, 2.45) is 0 Å². The van der Waals surface area contributed by atoms with Gasteiger partial charge in [-0.2, -0.15) is 0 Å². The van der Waals surface area contributed by atoms with E-state index in [0.717, 1.165) is 22.7 Å². The van der Waals surface area contributed by atoms with Crippen molar-refractivity contribution in [1.82, 2.24) is 0 Å². The standard InChI is InChI=1S/C18H14ClNOS/c1-21-14-4-5-15-18(9-14)22-17-8-13-6-11(10-19)2-3-12(13)7-16(17)20-15/h2-9,20H,10H2,1H3. The van der Waals surface area contributed by atoms with Crippen molar-refractivity contribution in [3.63, 3.8) is 0 Å². The maximum absolute atomic E-state index is 5.94. The van der Waals surface area contributed by atoms with Crippen molar-refractivity contribution in [2.75, 3.05) is 12.4 Å². The highest BCUT2D eigenvalue weighted by Crippen LogP contribution is 2.46. The third-order valence-corrected chi connectivity index (χ3v) is 5.26. The summed E-state index contributed by atoms with van der Waals surface area (Å²) in [5.41, 5.74) is 3.41. The van der Waals surface area contributed by atoms with E-state index in [2.05, 4.69) is 47.8 Å². The fraction of sp³-hybridized carbons (Fsp3) is 0.111. The second kappa shape index (κ2) is 5.41. The first-order valence-electron chi connectivity index (χ1n) is 7.02. The van der Waals surface area contributed by atoms with Crippen molar-refractivity contribution in [3.05, 3.63) is 54.1 Å². The van der Waals surface area contributed by atoms with Crippen LogP contribution < -0.4 is 10.1 Å². The van der Waals surface area contributed by atoms with Gasteiger partial charge in [0, 0.05) is 15.7 Å². The number of hydrogen-bond acceptors (Lipinski definition) is 3. The second-order valence-electron chi connectivity index (χ2n) is 5.25. The van der Waals surface area contributed by atoms with Crippen LogP contribution in [-0.2, 0) is 5.88 Å². The van der Waals surface area contributed by atoms with E-state index < -0.39 is 0 Å². The molecule has 1 heterocycles. The summed E-state index contributed by atoms with van der Waals surface area (Å²) < 4.78 is 5.31. The Labute approximate surface area is 138 Å². The molecule has 0 aliphatic carbocycles. The van der Waals surface area contributed by atoms with Gasteiger partial charge in [-0.1, -0.05) is 23.9 Å². The van der Waals surface area contributed by atoms with E-state index in [1.54, 1.807) is 18.9 Å². The zero-order chi connectivity index (χ0) is 15.1. The lowest BCUT2D eigenvalue weighted by Crippen LogP contribution is -2.00. The summed E-state index contributed by atoms with van der Waals surface area (Å²) in [4.78, 5) is 2.40. The number of benzene rings is 3. The Balaban J connectivity index is 1.81. The van der Waals surface area contributed by atoms with Gasteiger partial charge in [0.2, 0.25) is 0 Å². The Morgan fingerprint density at radius 1 is 0.955 bits per heavy atom. The minimum Gasteiger partial charge on any atom is -0.497 e. The van der Waals surface area contributed by atoms with Crippen LogP contribution in [0.3, 0.4) is 0 Å². The summed E-state index contributed by atoms with van der Waals surface area (Å²) in [5, 5.41) is 5.95. The molecule has 0 fully saturated rings. The van der Waals surface area contributed by atoms with Crippen LogP contribution in [0, 0.1) is 0 Å². The highest BCUT2D eigenvalue weighted by atomic mass is 35.5. The fourth-order valence-corrected chi connectivity index (χ4v) is 3.89. The predicted molar refractivity (Wildman–Crippen MR) is 93.9 cm³/mol. The van der Waals surface area contributed by atoms with Crippen molar-refractivity contribution < 1.29 is 4.74 Å². The van der Waals surface area contributed by atoms with E-state index in [9.17, 15) is 0 Å². The van der Waals surface area contributed by atoms with Crippen molar-refractivity contribution in [3.8, 4) is 5.75 Å². The smallest absolute Gasteiger partial charge is 0.120 e. The van der Waals surface area contributed by atoms with Crippen LogP contribution in [0.15, 0.2) is 58.3 Å². The van der Waals surface area contributed by atoms with E-state index in [1.165, 1.54) is 20.6 Å². The van der Waals surface area contributed by atoms with E-state index in [1.807, 2.05) is 6.07 Å². The Bertz CT molecular complexity index is 878. The number of hydrogen-bond donors (Lipinski definition) is 1. The van der Waals surface area contributed by atoms with Gasteiger partial charge in [0.25, 0.3) is 0 Å². The molecule has 1 aliphatic heterocycles. The largest absolute Gasteiger partial charge is 0.497 e. The molecule has 4 rings (SSSR count). The lowest BCUT2D eigenvalue weighted by atomic mass is 10.1. The summed E-state index contributed by atoms with van der Waals surface area (Å²) >= 11 is 7.70. The Morgan fingerprint density at radius 3 is 2.64 bits per heavy atom. The minimum absolute atomic E-state index is 0.540. The molecule has 3 aromatic rings. The molecular weight excluding hydrogens is 314 g/mol. The molecule has 1 aliphatic rings. The van der Waals surface area contributed by atoms with E-state index in [0.29, 0.717) is 5.88 Å². The number of nitrogens with one attached hydrogen (secondary N) is 1. The van der Waals surface area contributed by atoms with Gasteiger partial charge >= 0.3 is 0 Å². The third kappa shape index (κ3) is 2.31. The van der Waals surface area contributed by atoms with E-state index in [4.69, 9.17) is 16.3 Å². The summed E-state index contributed by atoms with van der Waals surface area (Å²) in [5.74, 6) is 1.42. The summed E-state index contributed by atoms with van der Waals surface area (Å²) in [6.45, 7) is 0. The summed E-state index contributed by atoms with van der Waals surface area (Å²) in [6, 6.07) is 16.9. The maximum Gasteiger partial charge on any atom is 0.120 e. The van der Waals surface area contributed by atoms with Crippen LogP contribution in [0.2, 0.25) is 0 Å². The average Bonchev–Trinajstić information content (AvgIpc) is 2.57. The number of alkyl halides is 1. The minimum atomic E-state index is 0.540. The van der Waals surface area contributed by atoms with Gasteiger partial charge in [0.15, 0.2) is 0 Å². The Kier molecular flexibility index (Phi) is 3.40. The average molecular weight is 328 g/mol. The monoisotopic (exact) mass is 327 g/mol. The highest BCUT2D eigenvalue weighted by Gasteiger charge is 2.17. The van der Waals surface area contributed by atoms with E-state index >= 15 is 0 Å². The van der Waals surface area contributed by atoms with Gasteiger partial charge in [0.05, 0.1) is 18.5 Å². The van der Waals surface area contributed by atoms with Gasteiger partial charge in [-0.25, -0.2) is 0 Å². The second-order valence-corrected chi connectivity index (χ2v) is 6.60. The predicted octanol–water partition coefficient (Wildman–Crippen LogP) is 5.80. The topological polar surface area (TPSA) is 21.3 Å². The van der Waals surface area contributed by atoms with Crippen LogP contribution in [0.1, 0.15) is 5.56 Å². The molecule has 0 radical (unpaired) electrons. The maximum atomic E-state index is 5.94. The van der Waals surface area contributed by atoms with Crippen LogP contribution in [0.4, 0.5) is 11.4 Å². The molecule has 0 bridgehead atoms. The molecule has 0 amide bonds. The quantitative estimate of drug-likeness (QED) is 0.470. The first kappa shape index (κ1) is 13.8. The molecule has 2 nitrogen and oxygen atoms in total. The van der Waals surface area contributed by atoms with Crippen LogP contribution in [0.25, 0.3) is 10.8 Å². The van der Waals surface area contributed by atoms with Gasteiger partial charge in [-0.05, 0) is 52.7 Å². The molecule has 3 aromatic carbocycles. The Hall–Kier alpha value is -1.84. The zero-order valence-electron chi connectivity index (χ0n) is 12.0. The van der Waals surface area contributed by atoms with E-state index in [-0.39, 0.29) is 0 Å². The molecule has 0 saturated heterocycles. The SMILES string of the molecule is COc1ccc2c(c1)Sc1cc3cc(CCl)ccc3cc1N2. The first-order chi connectivity index (χ1) is 10.8. The van der Waals surface area contributed by atoms with Gasteiger partial charge in [-0.3, -0.25) is 0 Å². The molecule has 110 valence electrons. The lowest BCUT2D eigenvalue weighted by molar-refractivity contribution is 0.414. The van der Waals surface area contributed by atoms with Crippen molar-refractivity contribution in [2.45, 2.75) is 15.7 Å². The molecule has 1 N–H and O–H groups in total. The number of anilines is 2. The van der Waals surface area contributed by atoms with Gasteiger partial charge in [-0.15, -0.1) is 11.6 Å². The molecule has 0 aromatic heterocycles. The lowest BCUT2D eigenvalue weighted by Gasteiger charge is -2.22. The molecular formula is C18H14ClNOS. The number of halogens is 1. The van der Waals surface area contributed by atoms with Crippen LogP contribution in [-0.4, -0.2) is 7.11 Å². The molecule has 0 atom stereocenters. The van der Waals surface area contributed by atoms with Crippen molar-refractivity contribution in [1.29, 1.82) is 0 Å². The summed E-state index contributed by atoms with van der Waals surface area (Å²) in [7, 11) is 1.69.